The topological polar surface area (TPSA) is 13.1 Å². The molecule has 0 N–H and O–H groups in total. The molecule has 1 atom stereocenters. The number of hydrogen-bond donors (Lipinski definition) is 0. The van der Waals surface area contributed by atoms with Crippen LogP contribution in [0, 0.1) is 20.8 Å². The van der Waals surface area contributed by atoms with Crippen LogP contribution in [0.2, 0.25) is 0 Å². The van der Waals surface area contributed by atoms with Crippen molar-refractivity contribution in [3.8, 4) is 0 Å². The van der Waals surface area contributed by atoms with Crippen LogP contribution in [0.1, 0.15) is 45.6 Å². The Balaban J connectivity index is 1.66. The van der Waals surface area contributed by atoms with Crippen LogP contribution in [0.4, 0.5) is 0 Å². The molecule has 4 aromatic rings. The molecule has 0 spiro atoms. The van der Waals surface area contributed by atoms with E-state index in [2.05, 4.69) is 88.3 Å². The van der Waals surface area contributed by atoms with Crippen LogP contribution in [0.5, 0.6) is 0 Å². The molecule has 35 heavy (non-hydrogen) atoms. The molecule has 1 unspecified atom stereocenters. The van der Waals surface area contributed by atoms with E-state index in [0.29, 0.717) is 0 Å². The molecule has 2 aromatic carbocycles. The summed E-state index contributed by atoms with van der Waals surface area (Å²) in [6.07, 6.45) is 4.87. The maximum atomic E-state index is 6.28. The first kappa shape index (κ1) is 22.3. The molecule has 1 nitrogen and oxygen atoms in total. The molecule has 5 heteroatoms. The van der Waals surface area contributed by atoms with E-state index in [1.807, 2.05) is 18.3 Å². The number of fused-ring (bicyclic) bond motifs is 5. The summed E-state index contributed by atoms with van der Waals surface area (Å²) in [5.41, 5.74) is 9.72. The van der Waals surface area contributed by atoms with E-state index < -0.39 is 21.4 Å². The van der Waals surface area contributed by atoms with Gasteiger partial charge in [-0.15, -0.1) is 0 Å². The third-order valence-electron chi connectivity index (χ3n) is 7.19. The van der Waals surface area contributed by atoms with Gasteiger partial charge in [0.1, 0.15) is 0 Å². The Labute approximate surface area is 224 Å². The first-order valence-corrected chi connectivity index (χ1v) is 19.2. The van der Waals surface area contributed by atoms with E-state index in [1.165, 1.54) is 63.7 Å². The van der Waals surface area contributed by atoms with Gasteiger partial charge >= 0.3 is 226 Å². The van der Waals surface area contributed by atoms with E-state index in [0.717, 1.165) is 11.5 Å². The Hall–Kier alpha value is -1.91. The second kappa shape index (κ2) is 8.05. The summed E-state index contributed by atoms with van der Waals surface area (Å²) in [6, 6.07) is 17.8. The zero-order valence-corrected chi connectivity index (χ0v) is 25.1. The van der Waals surface area contributed by atoms with E-state index in [9.17, 15) is 0 Å². The molecule has 1 aliphatic heterocycles. The molecule has 2 aromatic heterocycles. The average molecular weight is 582 g/mol. The van der Waals surface area contributed by atoms with Crippen molar-refractivity contribution in [2.24, 2.45) is 0 Å². The quantitative estimate of drug-likeness (QED) is 0.165. The molecule has 0 fully saturated rings. The first-order chi connectivity index (χ1) is 17.0. The summed E-state index contributed by atoms with van der Waals surface area (Å²) < 4.78 is 9.26. The van der Waals surface area contributed by atoms with E-state index in [4.69, 9.17) is 4.42 Å². The third kappa shape index (κ3) is 3.08. The second-order valence-corrected chi connectivity index (χ2v) is 15.7. The second-order valence-electron chi connectivity index (χ2n) is 9.41. The summed E-state index contributed by atoms with van der Waals surface area (Å²) >= 11 is 1.12. The minimum atomic E-state index is -0.835. The average Bonchev–Trinajstić information content (AvgIpc) is 3.60. The van der Waals surface area contributed by atoms with Crippen molar-refractivity contribution in [3.63, 3.8) is 0 Å². The Bertz CT molecular complexity index is 1830. The summed E-state index contributed by atoms with van der Waals surface area (Å²) in [5.74, 6) is 1.95. The van der Waals surface area contributed by atoms with Gasteiger partial charge in [0.15, 0.2) is 0 Å². The van der Waals surface area contributed by atoms with Crippen molar-refractivity contribution in [3.05, 3.63) is 104 Å². The number of benzene rings is 2. The predicted molar refractivity (Wildman–Crippen MR) is 150 cm³/mol. The summed E-state index contributed by atoms with van der Waals surface area (Å²) in [4.78, 5) is 5.92. The molecule has 2 aliphatic carbocycles. The Morgan fingerprint density at radius 2 is 1.71 bits per heavy atom. The molecule has 7 rings (SSSR count). The van der Waals surface area contributed by atoms with Gasteiger partial charge in [0.05, 0.1) is 0 Å². The van der Waals surface area contributed by atoms with Crippen molar-refractivity contribution < 1.29 is 25.8 Å². The molecule has 3 aliphatic rings. The number of hydrogen-bond acceptors (Lipinski definition) is 2. The predicted octanol–water partition coefficient (Wildman–Crippen LogP) is 7.85. The van der Waals surface area contributed by atoms with Crippen LogP contribution in [-0.4, -0.2) is 14.9 Å². The zero-order chi connectivity index (χ0) is 24.0. The van der Waals surface area contributed by atoms with Gasteiger partial charge in [-0.1, -0.05) is 0 Å². The Morgan fingerprint density at radius 3 is 2.49 bits per heavy atom. The van der Waals surface area contributed by atoms with E-state index in [1.54, 1.807) is 8.11 Å². The van der Waals surface area contributed by atoms with E-state index >= 15 is 0 Å². The van der Waals surface area contributed by atoms with Crippen molar-refractivity contribution in [2.75, 3.05) is 0 Å². The molecular formula is C30H22OS2SiZr. The molecule has 0 amide bonds. The van der Waals surface area contributed by atoms with Gasteiger partial charge in [0.2, 0.25) is 0 Å². The van der Waals surface area contributed by atoms with Crippen molar-refractivity contribution >= 4 is 64.1 Å². The summed E-state index contributed by atoms with van der Waals surface area (Å²) in [6.45, 7) is 12.9. The van der Waals surface area contributed by atoms with Crippen LogP contribution in [0.3, 0.4) is 0 Å². The number of rotatable bonds is 1. The SMILES string of the molecule is CC1=CC2=C([C]1=[Zr]=[Si])S(=C1C(c3ccc(C)o3)=Cc3c1sc1cccc(C)c31)c1cccc(C)c12. The van der Waals surface area contributed by atoms with Crippen LogP contribution in [0.15, 0.2) is 74.4 Å². The number of aryl methyl sites for hydroxylation is 3. The Morgan fingerprint density at radius 1 is 0.914 bits per heavy atom. The molecule has 0 saturated heterocycles. The molecule has 2 radical (unpaired) electrons. The molecular weight excluding hydrogens is 560 g/mol. The zero-order valence-electron chi connectivity index (χ0n) is 20.0. The summed E-state index contributed by atoms with van der Waals surface area (Å²) in [5, 5.41) is 1.39. The summed E-state index contributed by atoms with van der Waals surface area (Å²) in [7, 11) is -0.159. The fourth-order valence-electron chi connectivity index (χ4n) is 5.65. The minimum absolute atomic E-state index is 0.159. The first-order valence-electron chi connectivity index (χ1n) is 11.7. The molecule has 168 valence electrons. The normalized spacial score (nSPS) is 19.1. The standard InChI is InChI=1S/C30H22OS2.Si.Zr/c1-16-13-21-26(14-16)33(25-10-6-8-18(3)28(21)25)30-20(23-12-11-19(4)31-23)15-22-27-17(2)7-5-9-24(27)32-29(22)30;;/h5-13,15H,1-4H3;;. The fraction of sp³-hybridized carbons (Fsp3) is 0.133. The van der Waals surface area contributed by atoms with Crippen LogP contribution in [-0.2, 0) is 21.4 Å². The molecule has 0 saturated carbocycles. The van der Waals surface area contributed by atoms with Crippen molar-refractivity contribution in [1.82, 2.24) is 0 Å². The molecule has 0 bridgehead atoms. The number of allylic oxidation sites excluding steroid dienone is 5. The van der Waals surface area contributed by atoms with E-state index in [-0.39, 0.29) is 10.5 Å². The van der Waals surface area contributed by atoms with Gasteiger partial charge in [0, 0.05) is 0 Å². The van der Waals surface area contributed by atoms with Gasteiger partial charge in [0.25, 0.3) is 0 Å². The van der Waals surface area contributed by atoms with Crippen molar-refractivity contribution in [1.29, 1.82) is 0 Å². The van der Waals surface area contributed by atoms with Crippen LogP contribution >= 0.6 is 21.8 Å². The fourth-order valence-corrected chi connectivity index (χ4v) is 14.8. The van der Waals surface area contributed by atoms with Gasteiger partial charge in [-0.25, -0.2) is 0 Å². The third-order valence-corrected chi connectivity index (χ3v) is 15.1. The monoisotopic (exact) mass is 580 g/mol. The van der Waals surface area contributed by atoms with Gasteiger partial charge in [-0.05, 0) is 0 Å². The number of furan rings is 1. The van der Waals surface area contributed by atoms with Gasteiger partial charge in [-0.3, -0.25) is 0 Å². The number of thiophene rings is 1. The molecule has 3 heterocycles. The van der Waals surface area contributed by atoms with Crippen LogP contribution in [0.25, 0.3) is 27.3 Å². The van der Waals surface area contributed by atoms with Crippen LogP contribution < -0.4 is 0 Å². The van der Waals surface area contributed by atoms with Crippen molar-refractivity contribution in [2.45, 2.75) is 32.6 Å². The van der Waals surface area contributed by atoms with Gasteiger partial charge < -0.3 is 0 Å². The van der Waals surface area contributed by atoms with Gasteiger partial charge in [-0.2, -0.15) is 0 Å². The maximum absolute atomic E-state index is 6.28. The Kier molecular flexibility index (Phi) is 5.13.